The van der Waals surface area contributed by atoms with E-state index in [1.54, 1.807) is 36.8 Å². The SMILES string of the molecule is N#Cc1c(N=Cc2cccc(Oc3ncccn3)c2)n[nH]c1Nc1cccc(CI)c1. The molecule has 0 saturated heterocycles. The average Bonchev–Trinajstić information content (AvgIpc) is 3.20. The van der Waals surface area contributed by atoms with Gasteiger partial charge >= 0.3 is 6.01 Å². The van der Waals surface area contributed by atoms with E-state index in [0.29, 0.717) is 22.9 Å². The molecule has 0 spiro atoms. The average molecular weight is 521 g/mol. The van der Waals surface area contributed by atoms with Gasteiger partial charge in [-0.1, -0.05) is 46.9 Å². The molecule has 0 radical (unpaired) electrons. The van der Waals surface area contributed by atoms with Crippen LogP contribution in [0.2, 0.25) is 0 Å². The summed E-state index contributed by atoms with van der Waals surface area (Å²) < 4.78 is 6.54. The summed E-state index contributed by atoms with van der Waals surface area (Å²) in [6.07, 6.45) is 4.84. The lowest BCUT2D eigenvalue weighted by Crippen LogP contribution is -1.93. The van der Waals surface area contributed by atoms with Gasteiger partial charge in [0.2, 0.25) is 0 Å². The standard InChI is InChI=1S/C22H16IN7O/c23-12-15-4-1-6-17(10-15)28-21-19(13-24)20(29-30-21)27-14-16-5-2-7-18(11-16)31-22-25-8-3-9-26-22/h1-11,14H,12H2,(H2,28,29,30). The molecule has 2 aromatic carbocycles. The fourth-order valence-corrected chi connectivity index (χ4v) is 3.21. The fraction of sp³-hybridized carbons (Fsp3) is 0.0455. The maximum atomic E-state index is 9.61. The Bertz CT molecular complexity index is 1250. The van der Waals surface area contributed by atoms with E-state index in [9.17, 15) is 5.26 Å². The van der Waals surface area contributed by atoms with Crippen LogP contribution >= 0.6 is 22.6 Å². The Balaban J connectivity index is 1.52. The minimum atomic E-state index is 0.262. The molecule has 0 aliphatic rings. The van der Waals surface area contributed by atoms with Crippen LogP contribution < -0.4 is 10.1 Å². The normalized spacial score (nSPS) is 10.7. The highest BCUT2D eigenvalue weighted by Gasteiger charge is 2.12. The molecule has 0 amide bonds. The summed E-state index contributed by atoms with van der Waals surface area (Å²) in [7, 11) is 0. The van der Waals surface area contributed by atoms with E-state index in [4.69, 9.17) is 4.74 Å². The molecule has 2 aromatic heterocycles. The molecule has 31 heavy (non-hydrogen) atoms. The van der Waals surface area contributed by atoms with Gasteiger partial charge in [0.25, 0.3) is 0 Å². The maximum absolute atomic E-state index is 9.61. The number of aromatic nitrogens is 4. The number of ether oxygens (including phenoxy) is 1. The van der Waals surface area contributed by atoms with Crippen molar-refractivity contribution in [2.75, 3.05) is 5.32 Å². The van der Waals surface area contributed by atoms with Crippen molar-refractivity contribution in [3.8, 4) is 17.8 Å². The summed E-state index contributed by atoms with van der Waals surface area (Å²) in [5.74, 6) is 1.38. The molecule has 0 aliphatic carbocycles. The van der Waals surface area contributed by atoms with Gasteiger partial charge in [-0.25, -0.2) is 15.0 Å². The molecule has 4 aromatic rings. The number of hydrogen-bond donors (Lipinski definition) is 2. The molecule has 0 bridgehead atoms. The number of halogens is 1. The second kappa shape index (κ2) is 9.82. The topological polar surface area (TPSA) is 112 Å². The van der Waals surface area contributed by atoms with E-state index >= 15 is 0 Å². The molecule has 0 atom stereocenters. The molecule has 9 heteroatoms. The number of nitrogens with one attached hydrogen (secondary N) is 2. The first-order chi connectivity index (χ1) is 15.2. The van der Waals surface area contributed by atoms with Gasteiger partial charge in [0.15, 0.2) is 5.82 Å². The molecule has 2 N–H and O–H groups in total. The van der Waals surface area contributed by atoms with Crippen molar-refractivity contribution in [1.29, 1.82) is 5.26 Å². The molecule has 8 nitrogen and oxygen atoms in total. The lowest BCUT2D eigenvalue weighted by molar-refractivity contribution is 0.441. The van der Waals surface area contributed by atoms with Crippen LogP contribution in [0.25, 0.3) is 0 Å². The van der Waals surface area contributed by atoms with Crippen LogP contribution in [0.5, 0.6) is 11.8 Å². The Hall–Kier alpha value is -3.78. The van der Waals surface area contributed by atoms with Crippen molar-refractivity contribution in [2.24, 2.45) is 4.99 Å². The quantitative estimate of drug-likeness (QED) is 0.194. The molecule has 152 valence electrons. The first-order valence-corrected chi connectivity index (χ1v) is 10.8. The number of rotatable bonds is 7. The fourth-order valence-electron chi connectivity index (χ4n) is 2.74. The summed E-state index contributed by atoms with van der Waals surface area (Å²) in [6.45, 7) is 0. The van der Waals surface area contributed by atoms with Crippen molar-refractivity contribution in [2.45, 2.75) is 4.43 Å². The van der Waals surface area contributed by atoms with Crippen LogP contribution in [0.15, 0.2) is 72.0 Å². The third-order valence-corrected chi connectivity index (χ3v) is 5.04. The van der Waals surface area contributed by atoms with E-state index in [0.717, 1.165) is 15.7 Å². The smallest absolute Gasteiger partial charge is 0.321 e. The third-order valence-electron chi connectivity index (χ3n) is 4.15. The number of anilines is 2. The van der Waals surface area contributed by atoms with E-state index < -0.39 is 0 Å². The molecule has 4 rings (SSSR count). The van der Waals surface area contributed by atoms with Crippen molar-refractivity contribution < 1.29 is 4.74 Å². The monoisotopic (exact) mass is 521 g/mol. The van der Waals surface area contributed by atoms with Crippen molar-refractivity contribution in [1.82, 2.24) is 20.2 Å². The molecule has 0 fully saturated rings. The lowest BCUT2D eigenvalue weighted by atomic mass is 10.2. The number of nitrogens with zero attached hydrogens (tertiary/aromatic N) is 5. The third kappa shape index (κ3) is 5.23. The first kappa shape index (κ1) is 20.5. The van der Waals surface area contributed by atoms with E-state index in [1.807, 2.05) is 36.4 Å². The largest absolute Gasteiger partial charge is 0.424 e. The van der Waals surface area contributed by atoms with Crippen LogP contribution in [0, 0.1) is 11.3 Å². The number of nitriles is 1. The minimum Gasteiger partial charge on any atom is -0.424 e. The lowest BCUT2D eigenvalue weighted by Gasteiger charge is -2.05. The number of H-pyrrole nitrogens is 1. The van der Waals surface area contributed by atoms with E-state index in [2.05, 4.69) is 59.1 Å². The number of hydrogen-bond acceptors (Lipinski definition) is 7. The summed E-state index contributed by atoms with van der Waals surface area (Å²) in [6, 6.07) is 19.4. The van der Waals surface area contributed by atoms with Crippen molar-refractivity contribution >= 4 is 46.1 Å². The predicted octanol–water partition coefficient (Wildman–Crippen LogP) is 5.29. The van der Waals surface area contributed by atoms with Gasteiger partial charge in [-0.05, 0) is 41.5 Å². The summed E-state index contributed by atoms with van der Waals surface area (Å²) >= 11 is 2.31. The second-order valence-corrected chi connectivity index (χ2v) is 7.09. The van der Waals surface area contributed by atoms with Gasteiger partial charge in [-0.2, -0.15) is 10.4 Å². The molecule has 0 saturated carbocycles. The van der Waals surface area contributed by atoms with Crippen LogP contribution in [0.3, 0.4) is 0 Å². The number of aromatic amines is 1. The van der Waals surface area contributed by atoms with Crippen molar-refractivity contribution in [3.63, 3.8) is 0 Å². The second-order valence-electron chi connectivity index (χ2n) is 6.33. The Morgan fingerprint density at radius 2 is 1.97 bits per heavy atom. The minimum absolute atomic E-state index is 0.262. The Morgan fingerprint density at radius 3 is 2.77 bits per heavy atom. The highest BCUT2D eigenvalue weighted by atomic mass is 127. The molecular formula is C22H16IN7O. The highest BCUT2D eigenvalue weighted by Crippen LogP contribution is 2.26. The van der Waals surface area contributed by atoms with Gasteiger partial charge in [-0.15, -0.1) is 0 Å². The zero-order chi connectivity index (χ0) is 21.5. The molecule has 0 aliphatic heterocycles. The van der Waals surface area contributed by atoms with Crippen LogP contribution in [0.4, 0.5) is 17.3 Å². The van der Waals surface area contributed by atoms with Crippen molar-refractivity contribution in [3.05, 3.63) is 83.7 Å². The Morgan fingerprint density at radius 1 is 1.13 bits per heavy atom. The molecule has 2 heterocycles. The van der Waals surface area contributed by atoms with Crippen LogP contribution in [-0.4, -0.2) is 26.4 Å². The summed E-state index contributed by atoms with van der Waals surface area (Å²) in [4.78, 5) is 12.5. The maximum Gasteiger partial charge on any atom is 0.321 e. The van der Waals surface area contributed by atoms with Gasteiger partial charge in [-0.3, -0.25) is 5.10 Å². The first-order valence-electron chi connectivity index (χ1n) is 9.24. The van der Waals surface area contributed by atoms with Gasteiger partial charge in [0.05, 0.1) is 0 Å². The Kier molecular flexibility index (Phi) is 6.49. The van der Waals surface area contributed by atoms with Gasteiger partial charge in [0, 0.05) is 28.7 Å². The van der Waals surface area contributed by atoms with E-state index in [1.165, 1.54) is 5.56 Å². The van der Waals surface area contributed by atoms with E-state index in [-0.39, 0.29) is 6.01 Å². The number of benzene rings is 2. The number of alkyl halides is 1. The predicted molar refractivity (Wildman–Crippen MR) is 127 cm³/mol. The summed E-state index contributed by atoms with van der Waals surface area (Å²) in [5.41, 5.74) is 3.17. The zero-order valence-corrected chi connectivity index (χ0v) is 18.3. The van der Waals surface area contributed by atoms with Crippen LogP contribution in [-0.2, 0) is 4.43 Å². The number of aliphatic imine (C=N–C) groups is 1. The molecular weight excluding hydrogens is 505 g/mol. The Labute approximate surface area is 192 Å². The highest BCUT2D eigenvalue weighted by molar-refractivity contribution is 14.1. The summed E-state index contributed by atoms with van der Waals surface area (Å²) in [5, 5.41) is 19.8. The zero-order valence-electron chi connectivity index (χ0n) is 16.2. The van der Waals surface area contributed by atoms with Gasteiger partial charge < -0.3 is 10.1 Å². The van der Waals surface area contributed by atoms with Gasteiger partial charge in [0.1, 0.15) is 23.2 Å². The van der Waals surface area contributed by atoms with Crippen LogP contribution in [0.1, 0.15) is 16.7 Å². The molecule has 0 unspecified atom stereocenters.